The van der Waals surface area contributed by atoms with Crippen molar-refractivity contribution >= 4 is 11.6 Å². The number of hydrogen-bond donors (Lipinski definition) is 0. The van der Waals surface area contributed by atoms with Crippen LogP contribution in [0.15, 0.2) is 78.9 Å². The monoisotopic (exact) mass is 356 g/mol. The highest BCUT2D eigenvalue weighted by molar-refractivity contribution is 6.16. The molecule has 0 heterocycles. The molecule has 0 aliphatic carbocycles. The van der Waals surface area contributed by atoms with Crippen LogP contribution in [0.5, 0.6) is 0 Å². The highest BCUT2D eigenvalue weighted by Crippen LogP contribution is 2.34. The Morgan fingerprint density at radius 2 is 1.04 bits per heavy atom. The largest absolute Gasteiger partial charge is 0.293 e. The van der Waals surface area contributed by atoms with Gasteiger partial charge in [0, 0.05) is 11.1 Å². The first-order valence-electron chi connectivity index (χ1n) is 9.25. The van der Waals surface area contributed by atoms with Gasteiger partial charge in [0.25, 0.3) is 0 Å². The van der Waals surface area contributed by atoms with Crippen LogP contribution in [-0.4, -0.2) is 11.6 Å². The van der Waals surface area contributed by atoms with Crippen LogP contribution in [-0.2, 0) is 0 Å². The van der Waals surface area contributed by atoms with Crippen LogP contribution < -0.4 is 0 Å². The third-order valence-electron chi connectivity index (χ3n) is 5.18. The van der Waals surface area contributed by atoms with E-state index in [1.54, 1.807) is 24.3 Å². The van der Waals surface area contributed by atoms with E-state index < -0.39 is 5.92 Å². The average molecular weight is 356 g/mol. The van der Waals surface area contributed by atoms with Crippen LogP contribution in [0.1, 0.15) is 50.2 Å². The number of rotatable bonds is 6. The Balaban J connectivity index is 2.10. The summed E-state index contributed by atoms with van der Waals surface area (Å²) in [6, 6.07) is 24.3. The summed E-state index contributed by atoms with van der Waals surface area (Å²) in [7, 11) is 0. The van der Waals surface area contributed by atoms with Crippen molar-refractivity contribution < 1.29 is 9.59 Å². The number of carbonyl (C=O) groups excluding carboxylic acids is 2. The van der Waals surface area contributed by atoms with E-state index >= 15 is 0 Å². The van der Waals surface area contributed by atoms with Crippen molar-refractivity contribution in [2.75, 3.05) is 0 Å². The van der Waals surface area contributed by atoms with Crippen molar-refractivity contribution in [1.29, 1.82) is 0 Å². The molecule has 0 aliphatic heterocycles. The van der Waals surface area contributed by atoms with Crippen LogP contribution in [0.3, 0.4) is 0 Å². The normalized spacial score (nSPS) is 12.0. The first kappa shape index (κ1) is 18.8. The zero-order valence-electron chi connectivity index (χ0n) is 16.0. The highest BCUT2D eigenvalue weighted by atomic mass is 16.2. The van der Waals surface area contributed by atoms with Gasteiger partial charge in [0.2, 0.25) is 0 Å². The molecule has 2 nitrogen and oxygen atoms in total. The Kier molecular flexibility index (Phi) is 5.66. The maximum atomic E-state index is 13.4. The molecule has 0 aliphatic rings. The van der Waals surface area contributed by atoms with E-state index in [1.165, 1.54) is 0 Å². The van der Waals surface area contributed by atoms with Crippen LogP contribution in [0, 0.1) is 19.8 Å². The minimum atomic E-state index is -0.755. The molecule has 0 saturated carbocycles. The standard InChI is InChI=1S/C25H24O2/c1-17-11-10-12-18(2)22(17)19(3)23(24(26)20-13-6-4-7-14-20)25(27)21-15-8-5-9-16-21/h4-16,19,23H,1-3H3. The van der Waals surface area contributed by atoms with Crippen LogP contribution in [0.4, 0.5) is 0 Å². The number of Topliss-reactive ketones (excluding diaryl/α,β-unsaturated/α-hetero) is 2. The third-order valence-corrected chi connectivity index (χ3v) is 5.18. The quantitative estimate of drug-likeness (QED) is 0.414. The van der Waals surface area contributed by atoms with Gasteiger partial charge in [-0.05, 0) is 36.5 Å². The Morgan fingerprint density at radius 3 is 1.44 bits per heavy atom. The van der Waals surface area contributed by atoms with Crippen molar-refractivity contribution in [3.63, 3.8) is 0 Å². The summed E-state index contributed by atoms with van der Waals surface area (Å²) in [4.78, 5) is 26.8. The molecule has 1 atom stereocenters. The number of benzene rings is 3. The fraction of sp³-hybridized carbons (Fsp3) is 0.200. The summed E-state index contributed by atoms with van der Waals surface area (Å²) in [6.45, 7) is 6.06. The van der Waals surface area contributed by atoms with Gasteiger partial charge in [-0.3, -0.25) is 9.59 Å². The van der Waals surface area contributed by atoms with Gasteiger partial charge in [-0.2, -0.15) is 0 Å². The topological polar surface area (TPSA) is 34.1 Å². The molecular formula is C25H24O2. The van der Waals surface area contributed by atoms with Crippen LogP contribution in [0.25, 0.3) is 0 Å². The first-order valence-corrected chi connectivity index (χ1v) is 9.25. The number of aryl methyl sites for hydroxylation is 2. The van der Waals surface area contributed by atoms with Crippen molar-refractivity contribution in [2.45, 2.75) is 26.7 Å². The zero-order chi connectivity index (χ0) is 19.4. The van der Waals surface area contributed by atoms with Gasteiger partial charge in [0.15, 0.2) is 11.6 Å². The fourth-order valence-electron chi connectivity index (χ4n) is 3.85. The molecule has 2 heteroatoms. The smallest absolute Gasteiger partial charge is 0.174 e. The molecule has 3 aromatic carbocycles. The molecule has 0 radical (unpaired) electrons. The van der Waals surface area contributed by atoms with Gasteiger partial charge >= 0.3 is 0 Å². The van der Waals surface area contributed by atoms with Crippen molar-refractivity contribution in [3.05, 3.63) is 107 Å². The second kappa shape index (κ2) is 8.13. The van der Waals surface area contributed by atoms with E-state index in [0.717, 1.165) is 16.7 Å². The molecule has 27 heavy (non-hydrogen) atoms. The molecule has 0 fully saturated rings. The first-order chi connectivity index (χ1) is 13.0. The SMILES string of the molecule is Cc1cccc(C)c1C(C)C(C(=O)c1ccccc1)C(=O)c1ccccc1. The lowest BCUT2D eigenvalue weighted by Gasteiger charge is -2.25. The zero-order valence-corrected chi connectivity index (χ0v) is 16.0. The van der Waals surface area contributed by atoms with E-state index in [4.69, 9.17) is 0 Å². The summed E-state index contributed by atoms with van der Waals surface area (Å²) in [5.74, 6) is -1.22. The summed E-state index contributed by atoms with van der Waals surface area (Å²) in [5, 5.41) is 0. The van der Waals surface area contributed by atoms with Gasteiger partial charge in [-0.15, -0.1) is 0 Å². The molecule has 3 rings (SSSR count). The lowest BCUT2D eigenvalue weighted by atomic mass is 9.75. The maximum absolute atomic E-state index is 13.4. The fourth-order valence-corrected chi connectivity index (χ4v) is 3.85. The van der Waals surface area contributed by atoms with Crippen molar-refractivity contribution in [3.8, 4) is 0 Å². The summed E-state index contributed by atoms with van der Waals surface area (Å²) < 4.78 is 0. The molecular weight excluding hydrogens is 332 g/mol. The lowest BCUT2D eigenvalue weighted by Crippen LogP contribution is -2.30. The minimum absolute atomic E-state index is 0.125. The highest BCUT2D eigenvalue weighted by Gasteiger charge is 2.35. The number of carbonyl (C=O) groups is 2. The summed E-state index contributed by atoms with van der Waals surface area (Å²) >= 11 is 0. The Labute approximate surface area is 160 Å². The molecule has 0 N–H and O–H groups in total. The van der Waals surface area contributed by atoms with Gasteiger partial charge < -0.3 is 0 Å². The predicted octanol–water partition coefficient (Wildman–Crippen LogP) is 5.79. The molecule has 136 valence electrons. The van der Waals surface area contributed by atoms with Crippen LogP contribution >= 0.6 is 0 Å². The molecule has 0 amide bonds. The maximum Gasteiger partial charge on any atom is 0.174 e. The minimum Gasteiger partial charge on any atom is -0.293 e. The third kappa shape index (κ3) is 3.90. The lowest BCUT2D eigenvalue weighted by molar-refractivity contribution is 0.0787. The molecule has 0 bridgehead atoms. The summed E-state index contributed by atoms with van der Waals surface area (Å²) in [5.41, 5.74) is 4.44. The van der Waals surface area contributed by atoms with Crippen molar-refractivity contribution in [2.24, 2.45) is 5.92 Å². The average Bonchev–Trinajstić information content (AvgIpc) is 2.69. The second-order valence-electron chi connectivity index (χ2n) is 7.03. The summed E-state index contributed by atoms with van der Waals surface area (Å²) in [6.07, 6.45) is 0. The second-order valence-corrected chi connectivity index (χ2v) is 7.03. The van der Waals surface area contributed by atoms with Gasteiger partial charge in [-0.1, -0.05) is 85.8 Å². The number of ketones is 2. The molecule has 1 unspecified atom stereocenters. The Hall–Kier alpha value is -3.00. The van der Waals surface area contributed by atoms with Crippen LogP contribution in [0.2, 0.25) is 0 Å². The molecule has 3 aromatic rings. The Morgan fingerprint density at radius 1 is 0.630 bits per heavy atom. The molecule has 0 saturated heterocycles. The van der Waals surface area contributed by atoms with E-state index in [9.17, 15) is 9.59 Å². The van der Waals surface area contributed by atoms with Gasteiger partial charge in [-0.25, -0.2) is 0 Å². The van der Waals surface area contributed by atoms with Gasteiger partial charge in [0.05, 0.1) is 5.92 Å². The van der Waals surface area contributed by atoms with E-state index in [0.29, 0.717) is 11.1 Å². The number of hydrogen-bond acceptors (Lipinski definition) is 2. The van der Waals surface area contributed by atoms with E-state index in [2.05, 4.69) is 0 Å². The molecule has 0 spiro atoms. The van der Waals surface area contributed by atoms with Gasteiger partial charge in [0.1, 0.15) is 0 Å². The van der Waals surface area contributed by atoms with E-state index in [-0.39, 0.29) is 17.5 Å². The van der Waals surface area contributed by atoms with Crippen molar-refractivity contribution in [1.82, 2.24) is 0 Å². The predicted molar refractivity (Wildman–Crippen MR) is 109 cm³/mol. The Bertz CT molecular complexity index is 871. The van der Waals surface area contributed by atoms with E-state index in [1.807, 2.05) is 75.4 Å². The molecule has 0 aromatic heterocycles.